The van der Waals surface area contributed by atoms with Gasteiger partial charge in [-0.25, -0.2) is 24.9 Å². The fourth-order valence-electron chi connectivity index (χ4n) is 11.8. The van der Waals surface area contributed by atoms with Crippen molar-refractivity contribution in [1.29, 1.82) is 0 Å². The summed E-state index contributed by atoms with van der Waals surface area (Å²) in [6.07, 6.45) is 11.3. The highest BCUT2D eigenvalue weighted by Crippen LogP contribution is 2.34. The molecule has 0 saturated carbocycles. The van der Waals surface area contributed by atoms with Crippen molar-refractivity contribution in [1.82, 2.24) is 88.0 Å². The van der Waals surface area contributed by atoms with Crippen LogP contribution in [0.3, 0.4) is 0 Å². The molecule has 10 aromatic heterocycles. The first-order valence-electron chi connectivity index (χ1n) is 30.6. The van der Waals surface area contributed by atoms with Gasteiger partial charge in [0.25, 0.3) is 11.1 Å². The first kappa shape index (κ1) is 65.1. The maximum atomic E-state index is 13.8. The number of benzene rings is 4. The molecule has 2 fully saturated rings. The van der Waals surface area contributed by atoms with Gasteiger partial charge in [-0.3, -0.25) is 27.9 Å². The number of aromatic amines is 2. The molecule has 24 nitrogen and oxygen atoms in total. The van der Waals surface area contributed by atoms with E-state index in [0.717, 1.165) is 83.2 Å². The zero-order valence-corrected chi connectivity index (χ0v) is 55.5. The Bertz CT molecular complexity index is 5290. The summed E-state index contributed by atoms with van der Waals surface area (Å²) < 4.78 is 31.8. The molecule has 4 atom stereocenters. The summed E-state index contributed by atoms with van der Waals surface area (Å²) in [5.41, 5.74) is 9.21. The van der Waals surface area contributed by atoms with Crippen molar-refractivity contribution < 1.29 is 13.9 Å². The second-order valence-corrected chi connectivity index (χ2v) is 24.4. The lowest BCUT2D eigenvalue weighted by molar-refractivity contribution is -0.0299. The van der Waals surface area contributed by atoms with Gasteiger partial charge in [-0.05, 0) is 159 Å². The van der Waals surface area contributed by atoms with Crippen LogP contribution < -0.4 is 21.8 Å². The minimum Gasteiger partial charge on any atom is -0.360 e. The van der Waals surface area contributed by atoms with E-state index in [1.807, 2.05) is 135 Å². The molecule has 0 amide bonds. The van der Waals surface area contributed by atoms with Crippen molar-refractivity contribution >= 4 is 136 Å². The Labute approximate surface area is 570 Å². The lowest BCUT2D eigenvalue weighted by Crippen LogP contribution is -2.26. The van der Waals surface area contributed by atoms with Crippen LogP contribution in [0.4, 0.5) is 16.0 Å². The van der Waals surface area contributed by atoms with E-state index >= 15 is 0 Å². The minimum absolute atomic E-state index is 0.0297. The highest BCUT2D eigenvalue weighted by Gasteiger charge is 2.26. The van der Waals surface area contributed by atoms with Crippen molar-refractivity contribution in [3.63, 3.8) is 0 Å². The van der Waals surface area contributed by atoms with E-state index in [4.69, 9.17) is 67.5 Å². The summed E-state index contributed by atoms with van der Waals surface area (Å²) in [5.74, 6) is 1.03. The number of aryl methyl sites for hydroxylation is 2. The molecule has 2 aliphatic rings. The van der Waals surface area contributed by atoms with E-state index in [2.05, 4.69) is 86.5 Å². The van der Waals surface area contributed by atoms with Crippen molar-refractivity contribution in [2.45, 2.75) is 90.8 Å². The summed E-state index contributed by atoms with van der Waals surface area (Å²) in [6, 6.07) is 34.6. The number of para-hydroxylation sites is 2. The van der Waals surface area contributed by atoms with Gasteiger partial charge in [-0.2, -0.15) is 39.3 Å². The van der Waals surface area contributed by atoms with Crippen LogP contribution in [0.5, 0.6) is 0 Å². The predicted octanol–water partition coefficient (Wildman–Crippen LogP) is 14.7. The molecule has 0 aliphatic carbocycles. The van der Waals surface area contributed by atoms with Gasteiger partial charge in [0, 0.05) is 36.0 Å². The number of imidazole rings is 4. The highest BCUT2D eigenvalue weighted by molar-refractivity contribution is 6.35. The number of halogens is 6. The van der Waals surface area contributed by atoms with Gasteiger partial charge in [0.15, 0.2) is 50.0 Å². The third-order valence-electron chi connectivity index (χ3n) is 16.3. The molecule has 2 unspecified atom stereocenters. The monoisotopic (exact) mass is 1390 g/mol. The van der Waals surface area contributed by atoms with Gasteiger partial charge in [-0.15, -0.1) is 0 Å². The van der Waals surface area contributed by atoms with Crippen LogP contribution in [-0.2, 0) is 9.47 Å². The molecular formula is C66H58Cl5FN20O4. The summed E-state index contributed by atoms with van der Waals surface area (Å²) in [5, 5.41) is 10.7. The maximum absolute atomic E-state index is 13.8. The van der Waals surface area contributed by atoms with Gasteiger partial charge in [0.2, 0.25) is 15.9 Å². The quantitative estimate of drug-likeness (QED) is 0.0731. The van der Waals surface area contributed by atoms with E-state index in [0.29, 0.717) is 80.3 Å². The molecule has 16 rings (SSSR count). The van der Waals surface area contributed by atoms with Crippen LogP contribution in [0.2, 0.25) is 26.2 Å². The molecule has 96 heavy (non-hydrogen) atoms. The number of nitrogens with one attached hydrogen (secondary N) is 4. The van der Waals surface area contributed by atoms with E-state index in [1.54, 1.807) is 32.7 Å². The Morgan fingerprint density at radius 3 is 1.54 bits per heavy atom. The van der Waals surface area contributed by atoms with Gasteiger partial charge >= 0.3 is 6.08 Å². The molecule has 12 heterocycles. The molecule has 4 aromatic carbocycles. The second kappa shape index (κ2) is 28.4. The third kappa shape index (κ3) is 13.5. The van der Waals surface area contributed by atoms with Crippen LogP contribution >= 0.6 is 58.0 Å². The fourth-order valence-corrected chi connectivity index (χ4v) is 12.8. The van der Waals surface area contributed by atoms with E-state index in [9.17, 15) is 14.0 Å². The molecule has 0 bridgehead atoms. The van der Waals surface area contributed by atoms with Crippen LogP contribution in [0.25, 0.3) is 77.6 Å². The number of aromatic nitrogens is 18. The first-order chi connectivity index (χ1) is 46.6. The zero-order chi connectivity index (χ0) is 66.7. The van der Waals surface area contributed by atoms with Gasteiger partial charge < -0.3 is 30.1 Å². The number of H-pyrrole nitrogens is 2. The minimum atomic E-state index is -0.847. The topological polar surface area (TPSA) is 283 Å². The summed E-state index contributed by atoms with van der Waals surface area (Å²) >= 11 is 29.5. The Hall–Kier alpha value is -9.60. The Morgan fingerprint density at radius 2 is 1.00 bits per heavy atom. The summed E-state index contributed by atoms with van der Waals surface area (Å²) in [6.45, 7) is 9.31. The molecule has 4 N–H and O–H groups in total. The van der Waals surface area contributed by atoms with Gasteiger partial charge in [-0.1, -0.05) is 96.0 Å². The average molecular weight is 1390 g/mol. The second-order valence-electron chi connectivity index (χ2n) is 22.6. The highest BCUT2D eigenvalue weighted by atomic mass is 35.5. The zero-order valence-electron chi connectivity index (χ0n) is 51.7. The number of rotatable bonds is 10. The van der Waals surface area contributed by atoms with Crippen molar-refractivity contribution in [3.05, 3.63) is 210 Å². The van der Waals surface area contributed by atoms with Gasteiger partial charge in [0.1, 0.15) is 29.0 Å². The van der Waals surface area contributed by atoms with Crippen LogP contribution in [0, 0.1) is 19.9 Å². The molecule has 2 aliphatic heterocycles. The number of nitrogens with zero attached hydrogens (tertiary/aromatic N) is 16. The first-order valence-corrected chi connectivity index (χ1v) is 32.5. The average Bonchev–Trinajstić information content (AvgIpc) is 0.800. The van der Waals surface area contributed by atoms with Crippen molar-refractivity contribution in [2.24, 2.45) is 0 Å². The number of hydrogen-bond acceptors (Lipinski definition) is 18. The standard InChI is InChI=1S/C28H27ClN6O2.C23H19ClN6O.C10H10ClFN4O.C5H2Cl2N4/c1-17-9-8-10-19-15-21(35(27(36)23(17)19)20-11-4-3-5-12-20)18(2)31-25-24-26(33-28(29)32-25)34(16-30-24)22-13-6-7-14-37-22;1-13-7-6-8-15-11-17(30(22(31)18(13)15)16-9-4-3-5-10-16)14(2)27-21-19-20(26-12-25-19)28-23(24)29-21;11-8-7-9(15-10(12)14-8)16(5-13-7)6-3-1-2-4-17-6;6-3-2-4(9-1-8-2)11-5(7)10-3/h3-5,8-12,15-16,18,22H,6-7,13-14H2,1-2H3,(H,31,32,33);3-12,14H,1-2H3,(H2,25,26,27,28,29);5-6H,1-4H2;1H,(H,8,9,10,11)/t18-,22?;14-;;/m00../s1. The molecule has 488 valence electrons. The van der Waals surface area contributed by atoms with Crippen LogP contribution in [0.1, 0.15) is 99.4 Å². The third-order valence-corrected chi connectivity index (χ3v) is 17.4. The van der Waals surface area contributed by atoms with Crippen LogP contribution in [-0.4, -0.2) is 101 Å². The largest absolute Gasteiger partial charge is 0.360 e. The molecule has 2 saturated heterocycles. The Balaban J connectivity index is 0.000000126. The lowest BCUT2D eigenvalue weighted by atomic mass is 10.0. The van der Waals surface area contributed by atoms with Crippen LogP contribution in [0.15, 0.2) is 144 Å². The number of pyridine rings is 2. The lowest BCUT2D eigenvalue weighted by Gasteiger charge is -2.24. The maximum Gasteiger partial charge on any atom is 0.312 e. The Morgan fingerprint density at radius 1 is 0.521 bits per heavy atom. The van der Waals surface area contributed by atoms with Crippen molar-refractivity contribution in [3.8, 4) is 11.4 Å². The normalized spacial score (nSPS) is 15.4. The smallest absolute Gasteiger partial charge is 0.312 e. The molecule has 0 radical (unpaired) electrons. The molecule has 30 heteroatoms. The van der Waals surface area contributed by atoms with E-state index < -0.39 is 6.08 Å². The Kier molecular flexibility index (Phi) is 19.2. The number of fused-ring (bicyclic) bond motifs is 6. The SMILES string of the molecule is Cc1cccc2cc([C@H](C)Nc3nc(Cl)nc4c3ncn4C3CCCCO3)n(-c3ccccc3)c(=O)c12.Cc1cccc2cc([C@H](C)Nc3nc(Cl)nc4nc[nH]c34)n(-c3ccccc3)c(=O)c12.Clc1nc(Cl)c2[nH]cnc2n1.Fc1nc(Cl)c2ncn(C3CCCCO3)c2n1. The number of hydrogen-bond donors (Lipinski definition) is 4. The summed E-state index contributed by atoms with van der Waals surface area (Å²) in [7, 11) is 0. The fraction of sp³-hybridized carbons (Fsp3) is 0.242. The predicted molar refractivity (Wildman–Crippen MR) is 369 cm³/mol. The molecular weight excluding hydrogens is 1330 g/mol. The molecule has 14 aromatic rings. The summed E-state index contributed by atoms with van der Waals surface area (Å²) in [4.78, 5) is 82.1. The van der Waals surface area contributed by atoms with E-state index in [1.165, 1.54) is 6.33 Å². The van der Waals surface area contributed by atoms with E-state index in [-0.39, 0.29) is 61.8 Å². The van der Waals surface area contributed by atoms with Crippen molar-refractivity contribution in [2.75, 3.05) is 23.8 Å². The number of anilines is 2. The number of ether oxygens (including phenoxy) is 2. The molecule has 0 spiro atoms. The van der Waals surface area contributed by atoms with Gasteiger partial charge in [0.05, 0.1) is 48.2 Å².